The molecule has 0 spiro atoms. The maximum Gasteiger partial charge on any atom is 0.339 e. The zero-order chi connectivity index (χ0) is 20.2. The highest BCUT2D eigenvalue weighted by atomic mass is 35.5. The Hall–Kier alpha value is -2.78. The van der Waals surface area contributed by atoms with E-state index >= 15 is 0 Å². The molecule has 2 rings (SSSR count). The summed E-state index contributed by atoms with van der Waals surface area (Å²) in [6.07, 6.45) is 0. The third kappa shape index (κ3) is 4.50. The Balaban J connectivity index is 2.61. The molecule has 2 aromatic rings. The summed E-state index contributed by atoms with van der Waals surface area (Å²) in [4.78, 5) is 23.3. The van der Waals surface area contributed by atoms with Crippen molar-refractivity contribution in [1.29, 1.82) is 0 Å². The predicted molar refractivity (Wildman–Crippen MR) is 97.9 cm³/mol. The lowest BCUT2D eigenvalue weighted by molar-refractivity contribution is 0.0583. The Morgan fingerprint density at radius 3 is 2.22 bits per heavy atom. The van der Waals surface area contributed by atoms with Gasteiger partial charge < -0.3 is 14.2 Å². The number of anilines is 1. The van der Waals surface area contributed by atoms with Gasteiger partial charge in [-0.05, 0) is 36.4 Å². The monoisotopic (exact) mass is 413 g/mol. The van der Waals surface area contributed by atoms with Crippen LogP contribution in [-0.4, -0.2) is 41.7 Å². The lowest BCUT2D eigenvalue weighted by Crippen LogP contribution is -2.19. The third-order valence-corrected chi connectivity index (χ3v) is 5.14. The minimum absolute atomic E-state index is 0.0522. The normalized spacial score (nSPS) is 10.8. The molecule has 27 heavy (non-hydrogen) atoms. The van der Waals surface area contributed by atoms with Crippen LogP contribution in [0.5, 0.6) is 5.75 Å². The van der Waals surface area contributed by atoms with Crippen molar-refractivity contribution in [2.24, 2.45) is 0 Å². The van der Waals surface area contributed by atoms with E-state index in [1.54, 1.807) is 0 Å². The Labute approximate surface area is 161 Å². The van der Waals surface area contributed by atoms with Crippen LogP contribution in [0.25, 0.3) is 0 Å². The van der Waals surface area contributed by atoms with Gasteiger partial charge in [0, 0.05) is 5.02 Å². The molecule has 0 radical (unpaired) electrons. The van der Waals surface area contributed by atoms with Gasteiger partial charge in [-0.15, -0.1) is 0 Å². The molecule has 0 aromatic heterocycles. The van der Waals surface area contributed by atoms with Crippen molar-refractivity contribution in [3.8, 4) is 5.75 Å². The molecule has 0 aliphatic heterocycles. The van der Waals surface area contributed by atoms with Crippen LogP contribution in [0.15, 0.2) is 41.3 Å². The average Bonchev–Trinajstić information content (AvgIpc) is 2.66. The molecule has 0 heterocycles. The highest BCUT2D eigenvalue weighted by Gasteiger charge is 2.26. The second-order valence-corrected chi connectivity index (χ2v) is 7.23. The number of hydrogen-bond donors (Lipinski definition) is 1. The molecule has 0 bridgehead atoms. The first-order chi connectivity index (χ1) is 12.7. The minimum Gasteiger partial charge on any atom is -0.495 e. The van der Waals surface area contributed by atoms with Crippen LogP contribution in [0.4, 0.5) is 5.69 Å². The van der Waals surface area contributed by atoms with Gasteiger partial charge in [0.25, 0.3) is 10.0 Å². The lowest BCUT2D eigenvalue weighted by atomic mass is 10.1. The van der Waals surface area contributed by atoms with E-state index in [9.17, 15) is 18.0 Å². The third-order valence-electron chi connectivity index (χ3n) is 3.50. The van der Waals surface area contributed by atoms with E-state index < -0.39 is 26.9 Å². The van der Waals surface area contributed by atoms with E-state index in [4.69, 9.17) is 16.3 Å². The molecule has 0 atom stereocenters. The number of carbonyl (C=O) groups excluding carboxylic acids is 2. The molecule has 0 unspecified atom stereocenters. The van der Waals surface area contributed by atoms with Gasteiger partial charge in [-0.2, -0.15) is 0 Å². The molecule has 0 saturated heterocycles. The van der Waals surface area contributed by atoms with Gasteiger partial charge in [0.15, 0.2) is 0 Å². The molecular formula is C17H16ClNO7S. The molecule has 0 aliphatic carbocycles. The van der Waals surface area contributed by atoms with E-state index in [0.29, 0.717) is 0 Å². The van der Waals surface area contributed by atoms with Crippen LogP contribution in [0.3, 0.4) is 0 Å². The van der Waals surface area contributed by atoms with Gasteiger partial charge in [0.05, 0.1) is 38.1 Å². The van der Waals surface area contributed by atoms with Crippen LogP contribution in [0, 0.1) is 0 Å². The van der Waals surface area contributed by atoms with Gasteiger partial charge in [-0.25, -0.2) is 18.0 Å². The summed E-state index contributed by atoms with van der Waals surface area (Å²) < 4.78 is 42.5. The first-order valence-electron chi connectivity index (χ1n) is 7.40. The Morgan fingerprint density at radius 1 is 0.963 bits per heavy atom. The van der Waals surface area contributed by atoms with Crippen LogP contribution in [-0.2, 0) is 19.5 Å². The largest absolute Gasteiger partial charge is 0.495 e. The number of methoxy groups -OCH3 is 3. The Bertz CT molecular complexity index is 989. The first kappa shape index (κ1) is 20.5. The second-order valence-electron chi connectivity index (χ2n) is 5.14. The van der Waals surface area contributed by atoms with Crippen molar-refractivity contribution < 1.29 is 32.2 Å². The maximum atomic E-state index is 12.9. The Morgan fingerprint density at radius 2 is 1.63 bits per heavy atom. The number of rotatable bonds is 6. The molecule has 144 valence electrons. The summed E-state index contributed by atoms with van der Waals surface area (Å²) in [5.74, 6) is -1.43. The van der Waals surface area contributed by atoms with Crippen molar-refractivity contribution >= 4 is 39.3 Å². The number of carbonyl (C=O) groups is 2. The number of hydrogen-bond acceptors (Lipinski definition) is 7. The highest BCUT2D eigenvalue weighted by Crippen LogP contribution is 2.31. The summed E-state index contributed by atoms with van der Waals surface area (Å²) in [6, 6.07) is 7.80. The van der Waals surface area contributed by atoms with Crippen molar-refractivity contribution in [2.75, 3.05) is 26.1 Å². The van der Waals surface area contributed by atoms with E-state index in [1.807, 2.05) is 0 Å². The lowest BCUT2D eigenvalue weighted by Gasteiger charge is -2.14. The van der Waals surface area contributed by atoms with Gasteiger partial charge in [0.1, 0.15) is 10.6 Å². The quantitative estimate of drug-likeness (QED) is 0.725. The van der Waals surface area contributed by atoms with E-state index in [2.05, 4.69) is 14.2 Å². The van der Waals surface area contributed by atoms with Gasteiger partial charge in [-0.1, -0.05) is 11.6 Å². The fourth-order valence-corrected chi connectivity index (χ4v) is 3.68. The minimum atomic E-state index is -4.31. The number of sulfonamides is 1. The van der Waals surface area contributed by atoms with Crippen molar-refractivity contribution in [1.82, 2.24) is 0 Å². The van der Waals surface area contributed by atoms with Crippen LogP contribution < -0.4 is 9.46 Å². The molecule has 8 nitrogen and oxygen atoms in total. The number of esters is 2. The highest BCUT2D eigenvalue weighted by molar-refractivity contribution is 7.92. The van der Waals surface area contributed by atoms with E-state index in [1.165, 1.54) is 37.4 Å². The number of benzene rings is 2. The van der Waals surface area contributed by atoms with E-state index in [0.717, 1.165) is 20.3 Å². The van der Waals surface area contributed by atoms with Crippen LogP contribution in [0.1, 0.15) is 20.7 Å². The summed E-state index contributed by atoms with van der Waals surface area (Å²) >= 11 is 5.91. The van der Waals surface area contributed by atoms with Gasteiger partial charge in [0.2, 0.25) is 0 Å². The van der Waals surface area contributed by atoms with Gasteiger partial charge in [-0.3, -0.25) is 4.72 Å². The van der Waals surface area contributed by atoms with Crippen molar-refractivity contribution in [3.05, 3.63) is 52.5 Å². The summed E-state index contributed by atoms with van der Waals surface area (Å²) in [5.41, 5.74) is -0.244. The van der Waals surface area contributed by atoms with Crippen molar-refractivity contribution in [3.63, 3.8) is 0 Å². The SMILES string of the molecule is COC(=O)c1ccc(C(=O)OC)c(S(=O)(=O)Nc2cc(Cl)ccc2OC)c1. The smallest absolute Gasteiger partial charge is 0.339 e. The molecule has 0 fully saturated rings. The fourth-order valence-electron chi connectivity index (χ4n) is 2.23. The molecule has 0 amide bonds. The van der Waals surface area contributed by atoms with Gasteiger partial charge >= 0.3 is 11.9 Å². The number of nitrogens with one attached hydrogen (secondary N) is 1. The van der Waals surface area contributed by atoms with Crippen LogP contribution in [0.2, 0.25) is 5.02 Å². The topological polar surface area (TPSA) is 108 Å². The summed E-state index contributed by atoms with van der Waals surface area (Å²) in [6.45, 7) is 0. The molecule has 1 N–H and O–H groups in total. The Kier molecular flexibility index (Phi) is 6.29. The average molecular weight is 414 g/mol. The molecule has 2 aromatic carbocycles. The molecule has 10 heteroatoms. The number of halogens is 1. The molecule has 0 aliphatic rings. The summed E-state index contributed by atoms with van der Waals surface area (Å²) in [5, 5.41) is 0.269. The second kappa shape index (κ2) is 8.28. The fraction of sp³-hybridized carbons (Fsp3) is 0.176. The van der Waals surface area contributed by atoms with E-state index in [-0.39, 0.29) is 27.6 Å². The number of ether oxygens (including phenoxy) is 3. The first-order valence-corrected chi connectivity index (χ1v) is 9.26. The van der Waals surface area contributed by atoms with Crippen molar-refractivity contribution in [2.45, 2.75) is 4.90 Å². The van der Waals surface area contributed by atoms with Crippen LogP contribution >= 0.6 is 11.6 Å². The molecule has 0 saturated carbocycles. The molecular weight excluding hydrogens is 398 g/mol. The predicted octanol–water partition coefficient (Wildman–Crippen LogP) is 2.72. The summed E-state index contributed by atoms with van der Waals surface area (Å²) in [7, 11) is -0.686. The zero-order valence-corrected chi connectivity index (χ0v) is 16.2. The maximum absolute atomic E-state index is 12.9. The zero-order valence-electron chi connectivity index (χ0n) is 14.6. The standard InChI is InChI=1S/C17H16ClNO7S/c1-24-14-7-5-11(18)9-13(14)19-27(22,23)15-8-10(16(20)25-2)4-6-12(15)17(21)26-3/h4-9,19H,1-3H3.